The molecular formula is C21H21N3O5. The number of fused-ring (bicyclic) bond motifs is 2. The quantitative estimate of drug-likeness (QED) is 0.757. The highest BCUT2D eigenvalue weighted by Crippen LogP contribution is 2.40. The Hall–Kier alpha value is -3.55. The molecule has 2 aromatic rings. The van der Waals surface area contributed by atoms with Gasteiger partial charge in [0, 0.05) is 17.7 Å². The van der Waals surface area contributed by atoms with Crippen LogP contribution in [0.5, 0.6) is 11.5 Å². The second kappa shape index (κ2) is 7.46. The van der Waals surface area contributed by atoms with Crippen molar-refractivity contribution < 1.29 is 23.9 Å². The van der Waals surface area contributed by atoms with Crippen LogP contribution in [-0.4, -0.2) is 42.5 Å². The summed E-state index contributed by atoms with van der Waals surface area (Å²) >= 11 is 0. The second-order valence-corrected chi connectivity index (χ2v) is 6.83. The number of benzene rings is 2. The molecule has 1 saturated heterocycles. The van der Waals surface area contributed by atoms with Crippen molar-refractivity contribution in [3.05, 3.63) is 54.1 Å². The lowest BCUT2D eigenvalue weighted by atomic mass is 9.84. The van der Waals surface area contributed by atoms with Gasteiger partial charge >= 0.3 is 6.03 Å². The van der Waals surface area contributed by atoms with Crippen molar-refractivity contribution in [2.24, 2.45) is 0 Å². The molecule has 8 nitrogen and oxygen atoms in total. The van der Waals surface area contributed by atoms with Gasteiger partial charge in [-0.3, -0.25) is 14.5 Å². The van der Waals surface area contributed by atoms with Crippen molar-refractivity contribution in [2.45, 2.75) is 18.9 Å². The Kier molecular flexibility index (Phi) is 4.84. The monoisotopic (exact) mass is 395 g/mol. The molecule has 2 heterocycles. The number of nitrogens with zero attached hydrogens (tertiary/aromatic N) is 1. The minimum atomic E-state index is -1.19. The number of carbonyl (C=O) groups is 3. The van der Waals surface area contributed by atoms with E-state index in [1.165, 1.54) is 0 Å². The molecule has 0 aliphatic carbocycles. The summed E-state index contributed by atoms with van der Waals surface area (Å²) in [4.78, 5) is 39.1. The largest absolute Gasteiger partial charge is 0.494 e. The predicted octanol–water partition coefficient (Wildman–Crippen LogP) is 2.25. The van der Waals surface area contributed by atoms with Crippen LogP contribution in [-0.2, 0) is 15.1 Å². The van der Waals surface area contributed by atoms with Gasteiger partial charge in [-0.15, -0.1) is 0 Å². The Morgan fingerprint density at radius 2 is 1.97 bits per heavy atom. The Morgan fingerprint density at radius 3 is 2.72 bits per heavy atom. The average molecular weight is 395 g/mol. The Bertz CT molecular complexity index is 959. The van der Waals surface area contributed by atoms with Gasteiger partial charge < -0.3 is 20.1 Å². The summed E-state index contributed by atoms with van der Waals surface area (Å²) in [6.07, 6.45) is 0.311. The molecule has 0 radical (unpaired) electrons. The molecule has 4 rings (SSSR count). The first-order chi connectivity index (χ1) is 14.0. The zero-order valence-corrected chi connectivity index (χ0v) is 15.9. The number of hydrogen-bond acceptors (Lipinski definition) is 5. The van der Waals surface area contributed by atoms with Gasteiger partial charge in [-0.05, 0) is 37.3 Å². The molecule has 29 heavy (non-hydrogen) atoms. The third-order valence-corrected chi connectivity index (χ3v) is 5.01. The van der Waals surface area contributed by atoms with Gasteiger partial charge in [0.1, 0.15) is 18.0 Å². The van der Waals surface area contributed by atoms with Gasteiger partial charge in [0.15, 0.2) is 5.54 Å². The number of carbonyl (C=O) groups excluding carboxylic acids is 3. The molecule has 4 amide bonds. The second-order valence-electron chi connectivity index (χ2n) is 6.83. The summed E-state index contributed by atoms with van der Waals surface area (Å²) in [5.74, 6) is 0.350. The highest BCUT2D eigenvalue weighted by molar-refractivity contribution is 6.10. The summed E-state index contributed by atoms with van der Waals surface area (Å²) < 4.78 is 11.0. The fourth-order valence-corrected chi connectivity index (χ4v) is 3.66. The van der Waals surface area contributed by atoms with Crippen LogP contribution in [0.25, 0.3) is 0 Å². The number of imide groups is 1. The van der Waals surface area contributed by atoms with Crippen molar-refractivity contribution >= 4 is 23.5 Å². The smallest absolute Gasteiger partial charge is 0.325 e. The van der Waals surface area contributed by atoms with Crippen LogP contribution >= 0.6 is 0 Å². The highest BCUT2D eigenvalue weighted by Gasteiger charge is 2.55. The molecule has 0 bridgehead atoms. The van der Waals surface area contributed by atoms with Gasteiger partial charge in [0.05, 0.1) is 13.2 Å². The Morgan fingerprint density at radius 1 is 1.21 bits per heavy atom. The maximum absolute atomic E-state index is 13.2. The number of urea groups is 1. The number of amides is 4. The van der Waals surface area contributed by atoms with E-state index in [1.54, 1.807) is 48.5 Å². The molecule has 0 saturated carbocycles. The van der Waals surface area contributed by atoms with E-state index in [4.69, 9.17) is 9.47 Å². The molecule has 2 N–H and O–H groups in total. The fourth-order valence-electron chi connectivity index (χ4n) is 3.66. The zero-order valence-electron chi connectivity index (χ0n) is 15.9. The highest BCUT2D eigenvalue weighted by atomic mass is 16.5. The van der Waals surface area contributed by atoms with Crippen molar-refractivity contribution in [2.75, 3.05) is 25.1 Å². The molecule has 1 spiro atoms. The van der Waals surface area contributed by atoms with E-state index in [2.05, 4.69) is 10.6 Å². The zero-order chi connectivity index (χ0) is 20.4. The van der Waals surface area contributed by atoms with Gasteiger partial charge in [-0.1, -0.05) is 18.2 Å². The first kappa shape index (κ1) is 18.8. The van der Waals surface area contributed by atoms with E-state index in [9.17, 15) is 14.4 Å². The molecule has 1 fully saturated rings. The Labute approximate surface area is 167 Å². The van der Waals surface area contributed by atoms with E-state index in [-0.39, 0.29) is 6.54 Å². The topological polar surface area (TPSA) is 97.0 Å². The van der Waals surface area contributed by atoms with Crippen LogP contribution in [0.15, 0.2) is 48.5 Å². The molecule has 0 aromatic heterocycles. The summed E-state index contributed by atoms with van der Waals surface area (Å²) in [6.45, 7) is 2.36. The van der Waals surface area contributed by atoms with E-state index < -0.39 is 23.4 Å². The lowest BCUT2D eigenvalue weighted by molar-refractivity contribution is -0.135. The van der Waals surface area contributed by atoms with Gasteiger partial charge in [0.25, 0.3) is 5.91 Å². The molecule has 2 aliphatic heterocycles. The van der Waals surface area contributed by atoms with Crippen LogP contribution in [0.3, 0.4) is 0 Å². The maximum Gasteiger partial charge on any atom is 0.325 e. The molecular weight excluding hydrogens is 374 g/mol. The molecule has 1 atom stereocenters. The van der Waals surface area contributed by atoms with Crippen LogP contribution in [0.1, 0.15) is 18.9 Å². The molecule has 2 aliphatic rings. The van der Waals surface area contributed by atoms with Crippen molar-refractivity contribution in [3.63, 3.8) is 0 Å². The first-order valence-electron chi connectivity index (χ1n) is 9.42. The number of hydrogen-bond donors (Lipinski definition) is 2. The summed E-state index contributed by atoms with van der Waals surface area (Å²) in [5.41, 5.74) is -0.0265. The number of para-hydroxylation sites is 1. The first-order valence-corrected chi connectivity index (χ1v) is 9.42. The molecule has 0 unspecified atom stereocenters. The molecule has 150 valence electrons. The van der Waals surface area contributed by atoms with E-state index >= 15 is 0 Å². The number of rotatable bonds is 5. The van der Waals surface area contributed by atoms with Crippen LogP contribution in [0.2, 0.25) is 0 Å². The van der Waals surface area contributed by atoms with Crippen molar-refractivity contribution in [1.82, 2.24) is 10.2 Å². The van der Waals surface area contributed by atoms with Crippen molar-refractivity contribution in [3.8, 4) is 11.5 Å². The summed E-state index contributed by atoms with van der Waals surface area (Å²) in [7, 11) is 0. The van der Waals surface area contributed by atoms with Crippen molar-refractivity contribution in [1.29, 1.82) is 0 Å². The van der Waals surface area contributed by atoms with Gasteiger partial charge in [-0.2, -0.15) is 0 Å². The average Bonchev–Trinajstić information content (AvgIpc) is 2.95. The van der Waals surface area contributed by atoms with E-state index in [0.29, 0.717) is 42.4 Å². The lowest BCUT2D eigenvalue weighted by Gasteiger charge is -2.33. The predicted molar refractivity (Wildman–Crippen MR) is 105 cm³/mol. The lowest BCUT2D eigenvalue weighted by Crippen LogP contribution is -2.48. The van der Waals surface area contributed by atoms with Gasteiger partial charge in [0.2, 0.25) is 5.91 Å². The van der Waals surface area contributed by atoms with E-state index in [1.807, 2.05) is 6.92 Å². The molecule has 2 aromatic carbocycles. The van der Waals surface area contributed by atoms with E-state index in [0.717, 1.165) is 4.90 Å². The summed E-state index contributed by atoms with van der Waals surface area (Å²) in [5, 5.41) is 5.47. The van der Waals surface area contributed by atoms with Gasteiger partial charge in [-0.25, -0.2) is 4.79 Å². The minimum Gasteiger partial charge on any atom is -0.494 e. The number of ether oxygens (including phenoxy) is 2. The molecule has 8 heteroatoms. The SMILES string of the molecule is CCOc1ccc(NC(=O)CN2C(=O)N[C@]3(CCOc4ccccc43)C2=O)cc1. The number of anilines is 1. The third-order valence-electron chi connectivity index (χ3n) is 5.01. The normalized spacial score (nSPS) is 20.1. The fraction of sp³-hybridized carbons (Fsp3) is 0.286. The maximum atomic E-state index is 13.2. The van der Waals surface area contributed by atoms with Crippen LogP contribution in [0, 0.1) is 0 Å². The van der Waals surface area contributed by atoms with Crippen LogP contribution < -0.4 is 20.1 Å². The van der Waals surface area contributed by atoms with Crippen LogP contribution in [0.4, 0.5) is 10.5 Å². The summed E-state index contributed by atoms with van der Waals surface area (Å²) in [6, 6.07) is 13.4. The third kappa shape index (κ3) is 3.37. The Balaban J connectivity index is 1.48. The standard InChI is InChI=1S/C21H21N3O5/c1-2-28-15-9-7-14(8-10-15)22-18(25)13-24-19(26)21(23-20(24)27)11-12-29-17-6-4-3-5-16(17)21/h3-10H,2,11-13H2,1H3,(H,22,25)(H,23,27)/t21-/m0/s1. The minimum absolute atomic E-state index is 0.301. The number of nitrogens with one attached hydrogen (secondary N) is 2.